The maximum absolute atomic E-state index is 12.3. The molecule has 22 heavy (non-hydrogen) atoms. The highest BCUT2D eigenvalue weighted by atomic mass is 32.2. The molecule has 0 saturated heterocycles. The molecule has 0 unspecified atom stereocenters. The Hall–Kier alpha value is -1.44. The molecule has 1 aromatic carbocycles. The number of aromatic nitrogens is 1. The molecule has 0 radical (unpaired) electrons. The Morgan fingerprint density at radius 2 is 2.00 bits per heavy atom. The van der Waals surface area contributed by atoms with E-state index in [1.165, 1.54) is 0 Å². The fourth-order valence-corrected chi connectivity index (χ4v) is 4.26. The summed E-state index contributed by atoms with van der Waals surface area (Å²) in [5.41, 5.74) is 1.77. The summed E-state index contributed by atoms with van der Waals surface area (Å²) in [6.45, 7) is 6.07. The molecular formula is C15H20N2O3S2. The summed E-state index contributed by atoms with van der Waals surface area (Å²) in [6.07, 6.45) is 0.645. The quantitative estimate of drug-likeness (QED) is 0.878. The second-order valence-corrected chi connectivity index (χ2v) is 8.08. The summed E-state index contributed by atoms with van der Waals surface area (Å²) in [5.74, 6) is 0.676. The third kappa shape index (κ3) is 3.85. The molecule has 0 spiro atoms. The van der Waals surface area contributed by atoms with Crippen LogP contribution in [0.5, 0.6) is 5.75 Å². The molecule has 0 bridgehead atoms. The smallest absolute Gasteiger partial charge is 0.240 e. The van der Waals surface area contributed by atoms with Gasteiger partial charge in [-0.05, 0) is 51.0 Å². The Labute approximate surface area is 135 Å². The van der Waals surface area contributed by atoms with Crippen molar-refractivity contribution in [1.29, 1.82) is 0 Å². The van der Waals surface area contributed by atoms with Gasteiger partial charge < -0.3 is 4.74 Å². The number of nitrogens with zero attached hydrogens (tertiary/aromatic N) is 1. The highest BCUT2D eigenvalue weighted by Gasteiger charge is 2.15. The maximum atomic E-state index is 12.3. The lowest BCUT2D eigenvalue weighted by Gasteiger charge is -2.09. The van der Waals surface area contributed by atoms with Gasteiger partial charge in [0.1, 0.15) is 5.75 Å². The zero-order chi connectivity index (χ0) is 16.3. The van der Waals surface area contributed by atoms with E-state index in [9.17, 15) is 8.42 Å². The first-order valence-electron chi connectivity index (χ1n) is 6.90. The van der Waals surface area contributed by atoms with E-state index in [1.54, 1.807) is 36.6 Å². The molecule has 7 heteroatoms. The van der Waals surface area contributed by atoms with Crippen LogP contribution in [0.1, 0.15) is 21.1 Å². The number of methoxy groups -OCH3 is 1. The van der Waals surface area contributed by atoms with Gasteiger partial charge in [-0.2, -0.15) is 0 Å². The number of thiazole rings is 1. The van der Waals surface area contributed by atoms with E-state index in [-0.39, 0.29) is 4.90 Å². The highest BCUT2D eigenvalue weighted by Crippen LogP contribution is 2.21. The van der Waals surface area contributed by atoms with Crippen molar-refractivity contribution in [3.63, 3.8) is 0 Å². The molecule has 1 aromatic heterocycles. The standard InChI is InChI=1S/C15H20N2O3S2/c1-10-9-13(5-6-14(10)20-4)22(18,19)16-8-7-15-11(2)17-12(3)21-15/h5-6,9,16H,7-8H2,1-4H3. The van der Waals surface area contributed by atoms with E-state index < -0.39 is 10.0 Å². The number of hydrogen-bond donors (Lipinski definition) is 1. The zero-order valence-electron chi connectivity index (χ0n) is 13.1. The van der Waals surface area contributed by atoms with Crippen LogP contribution >= 0.6 is 11.3 Å². The minimum atomic E-state index is -3.51. The Kier molecular flexibility index (Phi) is 5.20. The van der Waals surface area contributed by atoms with Gasteiger partial charge in [-0.25, -0.2) is 18.1 Å². The number of ether oxygens (including phenoxy) is 1. The lowest BCUT2D eigenvalue weighted by atomic mass is 10.2. The highest BCUT2D eigenvalue weighted by molar-refractivity contribution is 7.89. The van der Waals surface area contributed by atoms with Gasteiger partial charge in [0.05, 0.1) is 22.7 Å². The van der Waals surface area contributed by atoms with Crippen molar-refractivity contribution in [1.82, 2.24) is 9.71 Å². The van der Waals surface area contributed by atoms with Gasteiger partial charge in [0, 0.05) is 11.4 Å². The average molecular weight is 340 g/mol. The van der Waals surface area contributed by atoms with Crippen molar-refractivity contribution in [2.45, 2.75) is 32.1 Å². The first-order valence-corrected chi connectivity index (χ1v) is 9.20. The van der Waals surface area contributed by atoms with Crippen LogP contribution in [0, 0.1) is 20.8 Å². The van der Waals surface area contributed by atoms with E-state index in [1.807, 2.05) is 20.8 Å². The van der Waals surface area contributed by atoms with Gasteiger partial charge in [-0.3, -0.25) is 0 Å². The molecule has 1 heterocycles. The van der Waals surface area contributed by atoms with Crippen LogP contribution in [0.2, 0.25) is 0 Å². The average Bonchev–Trinajstić information content (AvgIpc) is 2.76. The van der Waals surface area contributed by atoms with Crippen LogP contribution < -0.4 is 9.46 Å². The Bertz CT molecular complexity index is 767. The van der Waals surface area contributed by atoms with E-state index in [2.05, 4.69) is 9.71 Å². The van der Waals surface area contributed by atoms with E-state index in [0.29, 0.717) is 18.7 Å². The fourth-order valence-electron chi connectivity index (χ4n) is 2.21. The van der Waals surface area contributed by atoms with Gasteiger partial charge >= 0.3 is 0 Å². The van der Waals surface area contributed by atoms with Gasteiger partial charge in [-0.1, -0.05) is 0 Å². The number of sulfonamides is 1. The van der Waals surface area contributed by atoms with Crippen LogP contribution in [-0.4, -0.2) is 27.1 Å². The van der Waals surface area contributed by atoms with Gasteiger partial charge in [0.2, 0.25) is 10.0 Å². The van der Waals surface area contributed by atoms with Crippen LogP contribution in [0.3, 0.4) is 0 Å². The van der Waals surface area contributed by atoms with Crippen LogP contribution in [0.25, 0.3) is 0 Å². The second-order valence-electron chi connectivity index (χ2n) is 5.02. The summed E-state index contributed by atoms with van der Waals surface area (Å²) >= 11 is 1.61. The van der Waals surface area contributed by atoms with Crippen molar-refractivity contribution in [2.75, 3.05) is 13.7 Å². The van der Waals surface area contributed by atoms with Crippen molar-refractivity contribution in [3.8, 4) is 5.75 Å². The molecule has 5 nitrogen and oxygen atoms in total. The molecule has 0 aliphatic carbocycles. The Morgan fingerprint density at radius 3 is 2.55 bits per heavy atom. The van der Waals surface area contributed by atoms with Crippen LogP contribution in [0.15, 0.2) is 23.1 Å². The number of nitrogens with one attached hydrogen (secondary N) is 1. The molecule has 0 aliphatic heterocycles. The lowest BCUT2D eigenvalue weighted by molar-refractivity contribution is 0.411. The molecule has 120 valence electrons. The molecule has 2 aromatic rings. The largest absolute Gasteiger partial charge is 0.496 e. The molecule has 0 amide bonds. The summed E-state index contributed by atoms with van der Waals surface area (Å²) in [7, 11) is -1.94. The van der Waals surface area contributed by atoms with Gasteiger partial charge in [-0.15, -0.1) is 11.3 Å². The first-order chi connectivity index (χ1) is 10.3. The van der Waals surface area contributed by atoms with Gasteiger partial charge in [0.15, 0.2) is 0 Å². The predicted molar refractivity (Wildman–Crippen MR) is 88.2 cm³/mol. The van der Waals surface area contributed by atoms with Crippen LogP contribution in [-0.2, 0) is 16.4 Å². The van der Waals surface area contributed by atoms with E-state index >= 15 is 0 Å². The summed E-state index contributed by atoms with van der Waals surface area (Å²) < 4.78 is 32.4. The molecular weight excluding hydrogens is 320 g/mol. The second kappa shape index (κ2) is 6.76. The van der Waals surface area contributed by atoms with Crippen molar-refractivity contribution in [2.24, 2.45) is 0 Å². The lowest BCUT2D eigenvalue weighted by Crippen LogP contribution is -2.26. The predicted octanol–water partition coefficient (Wildman–Crippen LogP) is 2.60. The Balaban J connectivity index is 2.05. The summed E-state index contributed by atoms with van der Waals surface area (Å²) in [4.78, 5) is 5.71. The monoisotopic (exact) mass is 340 g/mol. The van der Waals surface area contributed by atoms with Gasteiger partial charge in [0.25, 0.3) is 0 Å². The Morgan fingerprint density at radius 1 is 1.27 bits per heavy atom. The number of rotatable bonds is 6. The molecule has 0 atom stereocenters. The molecule has 0 fully saturated rings. The third-order valence-corrected chi connectivity index (χ3v) is 5.91. The topological polar surface area (TPSA) is 68.3 Å². The number of hydrogen-bond acceptors (Lipinski definition) is 5. The maximum Gasteiger partial charge on any atom is 0.240 e. The molecule has 0 saturated carbocycles. The minimum absolute atomic E-state index is 0.253. The third-order valence-electron chi connectivity index (χ3n) is 3.32. The zero-order valence-corrected chi connectivity index (χ0v) is 14.8. The fraction of sp³-hybridized carbons (Fsp3) is 0.400. The summed E-state index contributed by atoms with van der Waals surface area (Å²) in [5, 5.41) is 1.00. The molecule has 0 aliphatic rings. The van der Waals surface area contributed by atoms with Crippen molar-refractivity contribution < 1.29 is 13.2 Å². The van der Waals surface area contributed by atoms with Crippen molar-refractivity contribution >= 4 is 21.4 Å². The van der Waals surface area contributed by atoms with E-state index in [0.717, 1.165) is 21.1 Å². The molecule has 1 N–H and O–H groups in total. The first kappa shape index (κ1) is 16.9. The number of aryl methyl sites for hydroxylation is 3. The number of benzene rings is 1. The normalized spacial score (nSPS) is 11.6. The van der Waals surface area contributed by atoms with Crippen LogP contribution in [0.4, 0.5) is 0 Å². The minimum Gasteiger partial charge on any atom is -0.496 e. The molecule has 2 rings (SSSR count). The van der Waals surface area contributed by atoms with Crippen molar-refractivity contribution in [3.05, 3.63) is 39.3 Å². The summed E-state index contributed by atoms with van der Waals surface area (Å²) in [6, 6.07) is 4.83. The SMILES string of the molecule is COc1ccc(S(=O)(=O)NCCc2sc(C)nc2C)cc1C. The van der Waals surface area contributed by atoms with E-state index in [4.69, 9.17) is 4.74 Å².